The summed E-state index contributed by atoms with van der Waals surface area (Å²) in [6.07, 6.45) is 1.66. The number of aromatic amines is 1. The highest BCUT2D eigenvalue weighted by molar-refractivity contribution is 7.13. The fraction of sp³-hybridized carbons (Fsp3) is 0.208. The van der Waals surface area contributed by atoms with Crippen LogP contribution in [0.25, 0.3) is 22.6 Å². The van der Waals surface area contributed by atoms with Crippen molar-refractivity contribution in [3.8, 4) is 22.6 Å². The number of rotatable bonds is 5. The van der Waals surface area contributed by atoms with Gasteiger partial charge in [-0.1, -0.05) is 57.2 Å². The van der Waals surface area contributed by atoms with Crippen LogP contribution < -0.4 is 10.6 Å². The summed E-state index contributed by atoms with van der Waals surface area (Å²) in [4.78, 5) is 25.2. The Balaban J connectivity index is 0.00000289. The molecule has 8 heteroatoms. The van der Waals surface area contributed by atoms with Crippen molar-refractivity contribution in [3.05, 3.63) is 71.4 Å². The number of carbonyl (C=O) groups is 1. The molecule has 166 valence electrons. The monoisotopic (exact) mass is 467 g/mol. The average molecular weight is 468 g/mol. The SMILES string of the molecule is CNc1ccc(-c2[nH]c(-c3ccc(C(C)(C)C)cc3)nc2C(=O)Nc2nccs2)cc1.Cl. The van der Waals surface area contributed by atoms with Gasteiger partial charge in [0.2, 0.25) is 0 Å². The zero-order valence-electron chi connectivity index (χ0n) is 18.4. The zero-order chi connectivity index (χ0) is 22.0. The van der Waals surface area contributed by atoms with Crippen LogP contribution in [0.3, 0.4) is 0 Å². The number of aromatic nitrogens is 3. The Labute approximate surface area is 197 Å². The third-order valence-corrected chi connectivity index (χ3v) is 5.75. The number of thiazole rings is 1. The van der Waals surface area contributed by atoms with E-state index in [0.717, 1.165) is 16.8 Å². The van der Waals surface area contributed by atoms with Gasteiger partial charge in [-0.25, -0.2) is 9.97 Å². The molecule has 0 fully saturated rings. The predicted molar refractivity (Wildman–Crippen MR) is 135 cm³/mol. The Bertz CT molecular complexity index is 1180. The van der Waals surface area contributed by atoms with Crippen molar-refractivity contribution in [1.82, 2.24) is 15.0 Å². The molecule has 0 spiro atoms. The quantitative estimate of drug-likeness (QED) is 0.325. The highest BCUT2D eigenvalue weighted by atomic mass is 35.5. The van der Waals surface area contributed by atoms with E-state index in [4.69, 9.17) is 0 Å². The number of halogens is 1. The number of imidazole rings is 1. The van der Waals surface area contributed by atoms with Gasteiger partial charge >= 0.3 is 0 Å². The Morgan fingerprint density at radius 1 is 1.00 bits per heavy atom. The van der Waals surface area contributed by atoms with Crippen LogP contribution in [0.15, 0.2) is 60.1 Å². The van der Waals surface area contributed by atoms with Crippen molar-refractivity contribution in [2.75, 3.05) is 17.7 Å². The van der Waals surface area contributed by atoms with Crippen LogP contribution in [0.5, 0.6) is 0 Å². The number of nitrogens with zero attached hydrogens (tertiary/aromatic N) is 2. The summed E-state index contributed by atoms with van der Waals surface area (Å²) in [7, 11) is 1.87. The lowest BCUT2D eigenvalue weighted by Gasteiger charge is -2.18. The van der Waals surface area contributed by atoms with Crippen molar-refractivity contribution in [1.29, 1.82) is 0 Å². The van der Waals surface area contributed by atoms with E-state index in [9.17, 15) is 4.79 Å². The smallest absolute Gasteiger partial charge is 0.278 e. The van der Waals surface area contributed by atoms with Gasteiger partial charge in [0.25, 0.3) is 5.91 Å². The number of H-pyrrole nitrogens is 1. The fourth-order valence-electron chi connectivity index (χ4n) is 3.26. The highest BCUT2D eigenvalue weighted by Gasteiger charge is 2.21. The van der Waals surface area contributed by atoms with Crippen LogP contribution in [0.4, 0.5) is 10.8 Å². The second kappa shape index (κ2) is 9.54. The summed E-state index contributed by atoms with van der Waals surface area (Å²) >= 11 is 1.37. The Kier molecular flexibility index (Phi) is 7.01. The molecule has 2 aromatic carbocycles. The number of hydrogen-bond donors (Lipinski definition) is 3. The van der Waals surface area contributed by atoms with Crippen molar-refractivity contribution in [3.63, 3.8) is 0 Å². The van der Waals surface area contributed by atoms with Gasteiger partial charge in [0.15, 0.2) is 10.8 Å². The molecule has 4 aromatic rings. The maximum Gasteiger partial charge on any atom is 0.278 e. The summed E-state index contributed by atoms with van der Waals surface area (Å²) in [5.41, 5.74) is 5.12. The maximum absolute atomic E-state index is 13.0. The second-order valence-electron chi connectivity index (χ2n) is 8.26. The van der Waals surface area contributed by atoms with Gasteiger partial charge in [0.05, 0.1) is 5.69 Å². The van der Waals surface area contributed by atoms with Gasteiger partial charge in [-0.2, -0.15) is 0 Å². The Morgan fingerprint density at radius 2 is 1.66 bits per heavy atom. The number of anilines is 2. The number of benzene rings is 2. The molecule has 0 atom stereocenters. The molecule has 4 rings (SSSR count). The normalized spacial score (nSPS) is 11.0. The van der Waals surface area contributed by atoms with Crippen molar-refractivity contribution in [2.45, 2.75) is 26.2 Å². The molecule has 0 aliphatic rings. The summed E-state index contributed by atoms with van der Waals surface area (Å²) in [6, 6.07) is 16.2. The molecule has 32 heavy (non-hydrogen) atoms. The van der Waals surface area contributed by atoms with Gasteiger partial charge < -0.3 is 10.3 Å². The van der Waals surface area contributed by atoms with Crippen molar-refractivity contribution >= 4 is 40.5 Å². The van der Waals surface area contributed by atoms with Crippen molar-refractivity contribution in [2.24, 2.45) is 0 Å². The van der Waals surface area contributed by atoms with Gasteiger partial charge in [-0.15, -0.1) is 23.7 Å². The first-order valence-corrected chi connectivity index (χ1v) is 10.9. The molecule has 2 aromatic heterocycles. The number of nitrogens with one attached hydrogen (secondary N) is 3. The molecule has 2 heterocycles. The van der Waals surface area contributed by atoms with Crippen LogP contribution in [-0.2, 0) is 5.41 Å². The third kappa shape index (κ3) is 5.00. The minimum absolute atomic E-state index is 0. The van der Waals surface area contributed by atoms with E-state index in [-0.39, 0.29) is 23.7 Å². The number of amides is 1. The molecule has 0 saturated heterocycles. The molecule has 0 saturated carbocycles. The molecule has 3 N–H and O–H groups in total. The molecule has 0 radical (unpaired) electrons. The molecule has 0 aliphatic carbocycles. The van der Waals surface area contributed by atoms with Crippen LogP contribution in [0.1, 0.15) is 36.8 Å². The van der Waals surface area contributed by atoms with Gasteiger partial charge in [0.1, 0.15) is 5.82 Å². The number of hydrogen-bond acceptors (Lipinski definition) is 5. The van der Waals surface area contributed by atoms with E-state index < -0.39 is 0 Å². The topological polar surface area (TPSA) is 82.7 Å². The summed E-state index contributed by atoms with van der Waals surface area (Å²) < 4.78 is 0. The molecule has 0 aliphatic heterocycles. The van der Waals surface area contributed by atoms with Gasteiger partial charge in [-0.3, -0.25) is 10.1 Å². The predicted octanol–water partition coefficient (Wildman–Crippen LogP) is 6.21. The minimum atomic E-state index is -0.295. The fourth-order valence-corrected chi connectivity index (χ4v) is 3.78. The van der Waals surface area contributed by atoms with Crippen molar-refractivity contribution < 1.29 is 4.79 Å². The third-order valence-electron chi connectivity index (χ3n) is 5.06. The van der Waals surface area contributed by atoms with Crippen LogP contribution >= 0.6 is 23.7 Å². The zero-order valence-corrected chi connectivity index (χ0v) is 20.0. The first kappa shape index (κ1) is 23.5. The highest BCUT2D eigenvalue weighted by Crippen LogP contribution is 2.30. The largest absolute Gasteiger partial charge is 0.388 e. The van der Waals surface area contributed by atoms with Gasteiger partial charge in [0, 0.05) is 35.4 Å². The molecule has 6 nitrogen and oxygen atoms in total. The first-order chi connectivity index (χ1) is 14.8. The van der Waals surface area contributed by atoms with Gasteiger partial charge in [-0.05, 0) is 23.1 Å². The maximum atomic E-state index is 13.0. The lowest BCUT2D eigenvalue weighted by Crippen LogP contribution is -2.13. The van der Waals surface area contributed by atoms with E-state index >= 15 is 0 Å². The molecular formula is C24H26ClN5OS. The van der Waals surface area contributed by atoms with E-state index in [1.807, 2.05) is 48.8 Å². The second-order valence-corrected chi connectivity index (χ2v) is 9.15. The first-order valence-electron chi connectivity index (χ1n) is 10.0. The Morgan fingerprint density at radius 3 is 2.22 bits per heavy atom. The molecule has 0 bridgehead atoms. The number of carbonyl (C=O) groups excluding carboxylic acids is 1. The summed E-state index contributed by atoms with van der Waals surface area (Å²) in [6.45, 7) is 6.55. The van der Waals surface area contributed by atoms with E-state index in [2.05, 4.69) is 58.5 Å². The summed E-state index contributed by atoms with van der Waals surface area (Å²) in [5.74, 6) is 0.355. The standard InChI is InChI=1S/C24H25N5OS.ClH/c1-24(2,3)17-9-5-16(6-10-17)21-27-19(15-7-11-18(25-4)12-8-15)20(28-21)22(30)29-23-26-13-14-31-23;/h5-14,25H,1-4H3,(H,27,28)(H,26,29,30);1H. The van der Waals surface area contributed by atoms with Crippen LogP contribution in [-0.4, -0.2) is 27.9 Å². The lowest BCUT2D eigenvalue weighted by atomic mass is 9.87. The van der Waals surface area contributed by atoms with Crippen LogP contribution in [0.2, 0.25) is 0 Å². The average Bonchev–Trinajstić information content (AvgIpc) is 3.43. The van der Waals surface area contributed by atoms with E-state index in [0.29, 0.717) is 22.3 Å². The minimum Gasteiger partial charge on any atom is -0.388 e. The van der Waals surface area contributed by atoms with Crippen LogP contribution in [0, 0.1) is 0 Å². The Hall–Kier alpha value is -3.16. The molecule has 1 amide bonds. The molecule has 0 unspecified atom stereocenters. The van der Waals surface area contributed by atoms with E-state index in [1.54, 1.807) is 6.20 Å². The summed E-state index contributed by atoms with van der Waals surface area (Å²) in [5, 5.41) is 8.31. The lowest BCUT2D eigenvalue weighted by molar-refractivity contribution is 0.102. The molecular weight excluding hydrogens is 442 g/mol. The van der Waals surface area contributed by atoms with E-state index in [1.165, 1.54) is 16.9 Å².